The van der Waals surface area contributed by atoms with Gasteiger partial charge < -0.3 is 9.73 Å². The molecular formula is C36H24N4O. The molecule has 3 heterocycles. The van der Waals surface area contributed by atoms with Gasteiger partial charge in [-0.3, -0.25) is 0 Å². The van der Waals surface area contributed by atoms with E-state index in [0.717, 1.165) is 66.7 Å². The zero-order chi connectivity index (χ0) is 27.2. The predicted octanol–water partition coefficient (Wildman–Crippen LogP) is 8.30. The van der Waals surface area contributed by atoms with Gasteiger partial charge in [0.05, 0.1) is 5.52 Å². The van der Waals surface area contributed by atoms with Gasteiger partial charge in [-0.1, -0.05) is 109 Å². The first kappa shape index (κ1) is 23.3. The van der Waals surface area contributed by atoms with Gasteiger partial charge in [0.25, 0.3) is 0 Å². The van der Waals surface area contributed by atoms with Crippen molar-refractivity contribution in [1.82, 2.24) is 10.3 Å². The Labute approximate surface area is 236 Å². The third-order valence-corrected chi connectivity index (χ3v) is 7.51. The Bertz CT molecular complexity index is 2110. The fourth-order valence-electron chi connectivity index (χ4n) is 5.52. The Morgan fingerprint density at radius 2 is 1.24 bits per heavy atom. The molecule has 0 fully saturated rings. The largest absolute Gasteiger partial charge is 0.438 e. The standard InChI is InChI=1S/C36H24N4O/c1-4-12-23(13-5-1)27-21-28(32-29-20-26-18-10-11-19-30(26)37-36(29)41-31(32)22-27)35-39-33(24-14-6-2-7-15-24)38-34(40-35)25-16-8-3-9-17-25/h1-22,33H,(H,38,39,40). The summed E-state index contributed by atoms with van der Waals surface area (Å²) in [4.78, 5) is 15.1. The van der Waals surface area contributed by atoms with Crippen molar-refractivity contribution in [2.45, 2.75) is 6.17 Å². The van der Waals surface area contributed by atoms with E-state index in [0.29, 0.717) is 5.71 Å². The first-order valence-electron chi connectivity index (χ1n) is 13.6. The number of aromatic nitrogens is 1. The molecule has 1 atom stereocenters. The van der Waals surface area contributed by atoms with Crippen LogP contribution < -0.4 is 5.32 Å². The molecule has 0 amide bonds. The summed E-state index contributed by atoms with van der Waals surface area (Å²) >= 11 is 0. The third-order valence-electron chi connectivity index (χ3n) is 7.51. The number of hydrogen-bond donors (Lipinski definition) is 1. The summed E-state index contributed by atoms with van der Waals surface area (Å²) in [6, 6.07) is 45.3. The van der Waals surface area contributed by atoms with Gasteiger partial charge in [-0.05, 0) is 41.0 Å². The van der Waals surface area contributed by atoms with E-state index in [-0.39, 0.29) is 0 Å². The van der Waals surface area contributed by atoms with E-state index in [4.69, 9.17) is 19.4 Å². The highest BCUT2D eigenvalue weighted by Gasteiger charge is 2.24. The van der Waals surface area contributed by atoms with Crippen LogP contribution in [0.15, 0.2) is 148 Å². The number of amidine groups is 2. The lowest BCUT2D eigenvalue weighted by Gasteiger charge is -2.23. The van der Waals surface area contributed by atoms with Gasteiger partial charge in [0.2, 0.25) is 5.71 Å². The summed E-state index contributed by atoms with van der Waals surface area (Å²) in [5.41, 5.74) is 7.40. The molecule has 1 aliphatic rings. The molecule has 0 saturated carbocycles. The quantitative estimate of drug-likeness (QED) is 0.250. The summed E-state index contributed by atoms with van der Waals surface area (Å²) < 4.78 is 6.45. The fourth-order valence-corrected chi connectivity index (χ4v) is 5.52. The van der Waals surface area contributed by atoms with E-state index < -0.39 is 6.17 Å². The number of benzene rings is 5. The Morgan fingerprint density at radius 1 is 0.585 bits per heavy atom. The van der Waals surface area contributed by atoms with Gasteiger partial charge in [-0.25, -0.2) is 15.0 Å². The van der Waals surface area contributed by atoms with E-state index in [1.165, 1.54) is 0 Å². The van der Waals surface area contributed by atoms with Crippen molar-refractivity contribution in [1.29, 1.82) is 0 Å². The molecule has 1 unspecified atom stereocenters. The molecule has 0 bridgehead atoms. The molecular weight excluding hydrogens is 504 g/mol. The van der Waals surface area contributed by atoms with Crippen LogP contribution in [0.25, 0.3) is 44.1 Å². The lowest BCUT2D eigenvalue weighted by molar-refractivity contribution is 0.656. The molecule has 0 aliphatic carbocycles. The monoisotopic (exact) mass is 528 g/mol. The van der Waals surface area contributed by atoms with E-state index in [9.17, 15) is 0 Å². The zero-order valence-electron chi connectivity index (χ0n) is 22.0. The van der Waals surface area contributed by atoms with E-state index >= 15 is 0 Å². The van der Waals surface area contributed by atoms with Crippen molar-refractivity contribution >= 4 is 44.6 Å². The second-order valence-corrected chi connectivity index (χ2v) is 10.1. The molecule has 0 spiro atoms. The van der Waals surface area contributed by atoms with Crippen LogP contribution in [0.4, 0.5) is 0 Å². The second-order valence-electron chi connectivity index (χ2n) is 10.1. The summed E-state index contributed by atoms with van der Waals surface area (Å²) in [5, 5.41) is 6.58. The number of pyridine rings is 1. The maximum absolute atomic E-state index is 6.45. The van der Waals surface area contributed by atoms with Crippen molar-refractivity contribution < 1.29 is 4.42 Å². The molecule has 8 rings (SSSR count). The third kappa shape index (κ3) is 4.15. The maximum Gasteiger partial charge on any atom is 0.227 e. The van der Waals surface area contributed by atoms with Crippen LogP contribution in [0.2, 0.25) is 0 Å². The average molecular weight is 529 g/mol. The van der Waals surface area contributed by atoms with Crippen LogP contribution >= 0.6 is 0 Å². The summed E-state index contributed by atoms with van der Waals surface area (Å²) in [6.45, 7) is 0. The van der Waals surface area contributed by atoms with Gasteiger partial charge >= 0.3 is 0 Å². The second kappa shape index (κ2) is 9.57. The van der Waals surface area contributed by atoms with E-state index in [2.05, 4.69) is 66.0 Å². The van der Waals surface area contributed by atoms with Crippen LogP contribution in [0.1, 0.15) is 22.9 Å². The Morgan fingerprint density at radius 3 is 2.02 bits per heavy atom. The molecule has 5 aromatic carbocycles. The maximum atomic E-state index is 6.45. The highest BCUT2D eigenvalue weighted by Crippen LogP contribution is 2.37. The fraction of sp³-hybridized carbons (Fsp3) is 0.0278. The van der Waals surface area contributed by atoms with Crippen molar-refractivity contribution in [3.8, 4) is 11.1 Å². The summed E-state index contributed by atoms with van der Waals surface area (Å²) in [6.07, 6.45) is -0.393. The number of para-hydroxylation sites is 1. The number of nitrogens with zero attached hydrogens (tertiary/aromatic N) is 3. The zero-order valence-corrected chi connectivity index (χ0v) is 22.0. The van der Waals surface area contributed by atoms with Gasteiger partial charge in [-0.2, -0.15) is 0 Å². The van der Waals surface area contributed by atoms with Gasteiger partial charge in [0, 0.05) is 27.3 Å². The molecule has 5 nitrogen and oxygen atoms in total. The van der Waals surface area contributed by atoms with Crippen molar-refractivity contribution in [3.05, 3.63) is 150 Å². The molecule has 0 saturated heterocycles. The number of rotatable bonds is 4. The number of hydrogen-bond acceptors (Lipinski definition) is 5. The molecule has 0 radical (unpaired) electrons. The van der Waals surface area contributed by atoms with Crippen molar-refractivity contribution in [2.75, 3.05) is 0 Å². The van der Waals surface area contributed by atoms with Crippen LogP contribution in [-0.4, -0.2) is 16.7 Å². The molecule has 41 heavy (non-hydrogen) atoms. The van der Waals surface area contributed by atoms with Gasteiger partial charge in [0.1, 0.15) is 17.3 Å². The van der Waals surface area contributed by atoms with Crippen molar-refractivity contribution in [2.24, 2.45) is 9.98 Å². The van der Waals surface area contributed by atoms with Gasteiger partial charge in [0.15, 0.2) is 6.17 Å². The first-order valence-corrected chi connectivity index (χ1v) is 13.6. The predicted molar refractivity (Wildman–Crippen MR) is 166 cm³/mol. The molecule has 5 heteroatoms. The van der Waals surface area contributed by atoms with E-state index in [1.54, 1.807) is 0 Å². The number of fused-ring (bicyclic) bond motifs is 4. The molecule has 1 aliphatic heterocycles. The highest BCUT2D eigenvalue weighted by molar-refractivity contribution is 6.24. The molecule has 7 aromatic rings. The molecule has 194 valence electrons. The molecule has 2 aromatic heterocycles. The van der Waals surface area contributed by atoms with Crippen molar-refractivity contribution in [3.63, 3.8) is 0 Å². The smallest absolute Gasteiger partial charge is 0.227 e. The summed E-state index contributed by atoms with van der Waals surface area (Å²) in [7, 11) is 0. The van der Waals surface area contributed by atoms with Crippen LogP contribution in [0.5, 0.6) is 0 Å². The lowest BCUT2D eigenvalue weighted by atomic mass is 9.97. The minimum Gasteiger partial charge on any atom is -0.438 e. The van der Waals surface area contributed by atoms with Crippen LogP contribution in [0.3, 0.4) is 0 Å². The Hall–Kier alpha value is -5.55. The molecule has 1 N–H and O–H groups in total. The van der Waals surface area contributed by atoms with Gasteiger partial charge in [-0.15, -0.1) is 0 Å². The number of aliphatic imine (C=N–C) groups is 2. The minimum atomic E-state index is -0.393. The topological polar surface area (TPSA) is 62.8 Å². The number of furan rings is 1. The SMILES string of the molecule is c1ccc(C2=NC(c3ccccc3)N=C(c3cc(-c4ccccc4)cc4oc5nc6ccccc6cc5c34)N2)cc1. The number of nitrogens with one attached hydrogen (secondary N) is 1. The highest BCUT2D eigenvalue weighted by atomic mass is 16.3. The van der Waals surface area contributed by atoms with E-state index in [1.807, 2.05) is 72.8 Å². The normalized spacial score (nSPS) is 15.1. The van der Waals surface area contributed by atoms with Crippen LogP contribution in [-0.2, 0) is 0 Å². The van der Waals surface area contributed by atoms with Crippen LogP contribution in [0, 0.1) is 0 Å². The Balaban J connectivity index is 1.40. The summed E-state index contributed by atoms with van der Waals surface area (Å²) in [5.74, 6) is 1.52. The minimum absolute atomic E-state index is 0.393. The average Bonchev–Trinajstić information content (AvgIpc) is 3.41. The lowest BCUT2D eigenvalue weighted by Crippen LogP contribution is -2.36. The Kier molecular flexibility index (Phi) is 5.45. The first-order chi connectivity index (χ1) is 20.3.